The minimum absolute atomic E-state index is 0.000532. The largest absolute Gasteiger partial charge is 0.325 e. The Bertz CT molecular complexity index is 1280. The molecule has 0 saturated carbocycles. The highest BCUT2D eigenvalue weighted by Crippen LogP contribution is 2.28. The second kappa shape index (κ2) is 10.3. The molecule has 8 nitrogen and oxygen atoms in total. The first kappa shape index (κ1) is 24.7. The van der Waals surface area contributed by atoms with Crippen molar-refractivity contribution in [2.45, 2.75) is 18.4 Å². The van der Waals surface area contributed by atoms with Crippen molar-refractivity contribution in [1.29, 1.82) is 0 Å². The average Bonchev–Trinajstić information content (AvgIpc) is 2.76. The van der Waals surface area contributed by atoms with Gasteiger partial charge in [-0.2, -0.15) is 4.31 Å². The molecule has 0 bridgehead atoms. The fraction of sp³-hybridized carbons (Fsp3) is 0.136. The molecular weight excluding hydrogens is 489 g/mol. The number of hydrogen-bond acceptors (Lipinski definition) is 5. The minimum Gasteiger partial charge on any atom is -0.325 e. The quantitative estimate of drug-likeness (QED) is 0.339. The topological polar surface area (TPSA) is 110 Å². The van der Waals surface area contributed by atoms with Gasteiger partial charge in [-0.15, -0.1) is 0 Å². The molecule has 0 aliphatic heterocycles. The van der Waals surface area contributed by atoms with Gasteiger partial charge in [-0.1, -0.05) is 53.0 Å². The van der Waals surface area contributed by atoms with Gasteiger partial charge >= 0.3 is 0 Å². The van der Waals surface area contributed by atoms with Crippen LogP contribution < -0.4 is 5.32 Å². The molecule has 11 heteroatoms. The number of halogens is 2. The summed E-state index contributed by atoms with van der Waals surface area (Å²) in [6.45, 7) is 1.00. The van der Waals surface area contributed by atoms with Crippen molar-refractivity contribution in [3.63, 3.8) is 0 Å². The number of carbonyl (C=O) groups is 1. The van der Waals surface area contributed by atoms with Gasteiger partial charge in [0.25, 0.3) is 5.69 Å². The molecule has 172 valence electrons. The standard InChI is InChI=1S/C22H19Cl2N3O5S/c1-15-8-10-18(11-9-15)33(31,32)26(13-19-20(23)6-3-7-21(19)24)14-22(28)25-16-4-2-5-17(12-16)27(29)30/h2-12H,13-14H2,1H3,(H,25,28). The van der Waals surface area contributed by atoms with E-state index >= 15 is 0 Å². The van der Waals surface area contributed by atoms with Crippen molar-refractivity contribution in [3.05, 3.63) is 98.0 Å². The smallest absolute Gasteiger partial charge is 0.271 e. The summed E-state index contributed by atoms with van der Waals surface area (Å²) in [7, 11) is -4.11. The summed E-state index contributed by atoms with van der Waals surface area (Å²) in [4.78, 5) is 23.1. The van der Waals surface area contributed by atoms with Crippen LogP contribution in [0.15, 0.2) is 71.6 Å². The highest BCUT2D eigenvalue weighted by molar-refractivity contribution is 7.89. The lowest BCUT2D eigenvalue weighted by atomic mass is 10.2. The Morgan fingerprint density at radius 1 is 1.03 bits per heavy atom. The molecule has 0 aliphatic carbocycles. The number of aryl methyl sites for hydroxylation is 1. The lowest BCUT2D eigenvalue weighted by Crippen LogP contribution is -2.37. The molecule has 1 N–H and O–H groups in total. The molecule has 0 aromatic heterocycles. The minimum atomic E-state index is -4.11. The number of nitrogens with zero attached hydrogens (tertiary/aromatic N) is 2. The predicted molar refractivity (Wildman–Crippen MR) is 127 cm³/mol. The molecule has 0 unspecified atom stereocenters. The molecule has 0 spiro atoms. The zero-order valence-corrected chi connectivity index (χ0v) is 19.7. The second-order valence-corrected chi connectivity index (χ2v) is 9.89. The SMILES string of the molecule is Cc1ccc(S(=O)(=O)N(CC(=O)Nc2cccc([N+](=O)[O-])c2)Cc2c(Cl)cccc2Cl)cc1. The lowest BCUT2D eigenvalue weighted by Gasteiger charge is -2.23. The van der Waals surface area contributed by atoms with E-state index in [9.17, 15) is 23.3 Å². The first-order valence-corrected chi connectivity index (χ1v) is 11.8. The van der Waals surface area contributed by atoms with E-state index in [2.05, 4.69) is 5.32 Å². The molecule has 0 heterocycles. The number of carbonyl (C=O) groups excluding carboxylic acids is 1. The number of nitrogens with one attached hydrogen (secondary N) is 1. The van der Waals surface area contributed by atoms with E-state index in [0.29, 0.717) is 5.56 Å². The number of non-ortho nitro benzene ring substituents is 1. The number of benzene rings is 3. The number of amides is 1. The van der Waals surface area contributed by atoms with Crippen LogP contribution in [0, 0.1) is 17.0 Å². The van der Waals surface area contributed by atoms with Crippen molar-refractivity contribution in [1.82, 2.24) is 4.31 Å². The van der Waals surface area contributed by atoms with E-state index in [-0.39, 0.29) is 32.9 Å². The first-order valence-electron chi connectivity index (χ1n) is 9.62. The van der Waals surface area contributed by atoms with Crippen LogP contribution in [0.3, 0.4) is 0 Å². The van der Waals surface area contributed by atoms with E-state index in [1.54, 1.807) is 30.3 Å². The summed E-state index contributed by atoms with van der Waals surface area (Å²) >= 11 is 12.5. The van der Waals surface area contributed by atoms with Gasteiger partial charge in [0.15, 0.2) is 0 Å². The van der Waals surface area contributed by atoms with E-state index < -0.39 is 27.4 Å². The Morgan fingerprint density at radius 3 is 2.24 bits per heavy atom. The van der Waals surface area contributed by atoms with Crippen molar-refractivity contribution < 1.29 is 18.1 Å². The molecule has 3 rings (SSSR count). The number of nitro groups is 1. The molecule has 0 fully saturated rings. The molecule has 0 atom stereocenters. The number of hydrogen-bond donors (Lipinski definition) is 1. The van der Waals surface area contributed by atoms with Gasteiger partial charge < -0.3 is 5.32 Å². The van der Waals surface area contributed by atoms with Crippen LogP contribution >= 0.6 is 23.2 Å². The number of anilines is 1. The number of sulfonamides is 1. The molecule has 0 radical (unpaired) electrons. The Kier molecular flexibility index (Phi) is 7.70. The van der Waals surface area contributed by atoms with Crippen molar-refractivity contribution in [2.24, 2.45) is 0 Å². The van der Waals surface area contributed by atoms with Gasteiger partial charge in [0.2, 0.25) is 15.9 Å². The monoisotopic (exact) mass is 507 g/mol. The summed E-state index contributed by atoms with van der Waals surface area (Å²) in [5.41, 5.74) is 1.18. The third-order valence-electron chi connectivity index (χ3n) is 4.72. The van der Waals surface area contributed by atoms with Crippen LogP contribution in [0.25, 0.3) is 0 Å². The van der Waals surface area contributed by atoms with Crippen LogP contribution in [0.5, 0.6) is 0 Å². The third kappa shape index (κ3) is 6.08. The van der Waals surface area contributed by atoms with Crippen molar-refractivity contribution >= 4 is 50.5 Å². The zero-order chi connectivity index (χ0) is 24.2. The summed E-state index contributed by atoms with van der Waals surface area (Å²) < 4.78 is 27.7. The fourth-order valence-electron chi connectivity index (χ4n) is 3.00. The Morgan fingerprint density at radius 2 is 1.64 bits per heavy atom. The summed E-state index contributed by atoms with van der Waals surface area (Å²) in [6, 6.07) is 16.3. The van der Waals surface area contributed by atoms with Crippen molar-refractivity contribution in [2.75, 3.05) is 11.9 Å². The zero-order valence-electron chi connectivity index (χ0n) is 17.4. The first-order chi connectivity index (χ1) is 15.6. The Balaban J connectivity index is 1.93. The fourth-order valence-corrected chi connectivity index (χ4v) is 4.88. The van der Waals surface area contributed by atoms with Crippen LogP contribution in [-0.2, 0) is 21.4 Å². The molecule has 1 amide bonds. The van der Waals surface area contributed by atoms with Crippen molar-refractivity contribution in [3.8, 4) is 0 Å². The molecular formula is C22H19Cl2N3O5S. The Hall–Kier alpha value is -2.98. The number of rotatable bonds is 8. The van der Waals surface area contributed by atoms with Gasteiger partial charge in [-0.25, -0.2) is 8.42 Å². The van der Waals surface area contributed by atoms with Crippen LogP contribution in [-0.4, -0.2) is 30.1 Å². The summed E-state index contributed by atoms with van der Waals surface area (Å²) in [5.74, 6) is -0.686. The highest BCUT2D eigenvalue weighted by atomic mass is 35.5. The molecule has 33 heavy (non-hydrogen) atoms. The van der Waals surface area contributed by atoms with E-state index in [1.807, 2.05) is 6.92 Å². The normalized spacial score (nSPS) is 11.4. The molecule has 3 aromatic rings. The molecule has 0 saturated heterocycles. The average molecular weight is 508 g/mol. The van der Waals surface area contributed by atoms with Crippen LogP contribution in [0.2, 0.25) is 10.0 Å². The molecule has 0 aliphatic rings. The van der Waals surface area contributed by atoms with Gasteiger partial charge in [0.05, 0.1) is 16.4 Å². The van der Waals surface area contributed by atoms with Crippen LogP contribution in [0.4, 0.5) is 11.4 Å². The third-order valence-corrected chi connectivity index (χ3v) is 7.23. The highest BCUT2D eigenvalue weighted by Gasteiger charge is 2.28. The Labute approximate surface area is 200 Å². The molecule has 3 aromatic carbocycles. The van der Waals surface area contributed by atoms with Gasteiger partial charge in [-0.3, -0.25) is 14.9 Å². The van der Waals surface area contributed by atoms with Gasteiger partial charge in [-0.05, 0) is 37.3 Å². The lowest BCUT2D eigenvalue weighted by molar-refractivity contribution is -0.384. The summed E-state index contributed by atoms with van der Waals surface area (Å²) in [6.07, 6.45) is 0. The second-order valence-electron chi connectivity index (χ2n) is 7.14. The summed E-state index contributed by atoms with van der Waals surface area (Å²) in [5, 5.41) is 14.0. The maximum absolute atomic E-state index is 13.4. The predicted octanol–water partition coefficient (Wildman–Crippen LogP) is 5.04. The van der Waals surface area contributed by atoms with Gasteiger partial charge in [0, 0.05) is 40.0 Å². The van der Waals surface area contributed by atoms with E-state index in [1.165, 1.54) is 36.4 Å². The maximum Gasteiger partial charge on any atom is 0.271 e. The van der Waals surface area contributed by atoms with E-state index in [4.69, 9.17) is 23.2 Å². The van der Waals surface area contributed by atoms with Crippen LogP contribution in [0.1, 0.15) is 11.1 Å². The van der Waals surface area contributed by atoms with Gasteiger partial charge in [0.1, 0.15) is 0 Å². The van der Waals surface area contributed by atoms with E-state index in [0.717, 1.165) is 9.87 Å². The number of nitro benzene ring substituents is 1. The maximum atomic E-state index is 13.4.